The number of ether oxygens (including phenoxy) is 2. The predicted octanol–water partition coefficient (Wildman–Crippen LogP) is 9.25. The van der Waals surface area contributed by atoms with Gasteiger partial charge in [-0.05, 0) is 60.8 Å². The second-order valence-electron chi connectivity index (χ2n) is 14.3. The molecule has 204 valence electrons. The van der Waals surface area contributed by atoms with Gasteiger partial charge in [0.25, 0.3) is 0 Å². The minimum absolute atomic E-state index is 0.162. The first-order valence-electron chi connectivity index (χ1n) is 13.7. The Hall–Kier alpha value is -2.78. The average molecular weight is 515 g/mol. The van der Waals surface area contributed by atoms with Gasteiger partial charge in [0.2, 0.25) is 0 Å². The van der Waals surface area contributed by atoms with E-state index in [0.717, 1.165) is 61.6 Å². The number of hydrogen-bond acceptors (Lipinski definition) is 3. The maximum atomic E-state index is 12.0. The van der Waals surface area contributed by atoms with Crippen LogP contribution in [-0.4, -0.2) is 12.2 Å². The van der Waals surface area contributed by atoms with Crippen LogP contribution in [0.4, 0.5) is 0 Å². The molecule has 0 aliphatic carbocycles. The van der Waals surface area contributed by atoms with Gasteiger partial charge in [-0.3, -0.25) is 0 Å². The minimum Gasteiger partial charge on any atom is -0.507 e. The summed E-state index contributed by atoms with van der Waals surface area (Å²) in [7, 11) is 1.76. The van der Waals surface area contributed by atoms with Crippen molar-refractivity contribution in [2.75, 3.05) is 7.11 Å². The fourth-order valence-electron chi connectivity index (χ4n) is 5.89. The first-order valence-corrected chi connectivity index (χ1v) is 13.7. The third-order valence-electron chi connectivity index (χ3n) is 7.79. The first-order chi connectivity index (χ1) is 17.3. The highest BCUT2D eigenvalue weighted by Crippen LogP contribution is 2.59. The van der Waals surface area contributed by atoms with Crippen molar-refractivity contribution in [3.05, 3.63) is 86.5 Å². The lowest BCUT2D eigenvalue weighted by Crippen LogP contribution is -2.37. The second kappa shape index (κ2) is 8.88. The smallest absolute Gasteiger partial charge is 0.154 e. The third-order valence-corrected chi connectivity index (χ3v) is 7.79. The molecule has 38 heavy (non-hydrogen) atoms. The zero-order valence-corrected chi connectivity index (χ0v) is 25.7. The van der Waals surface area contributed by atoms with E-state index in [4.69, 9.17) is 9.47 Å². The molecule has 0 saturated carbocycles. The van der Waals surface area contributed by atoms with E-state index in [1.54, 1.807) is 7.11 Å². The van der Waals surface area contributed by atoms with Gasteiger partial charge in [-0.2, -0.15) is 0 Å². The predicted molar refractivity (Wildman–Crippen MR) is 158 cm³/mol. The Balaban J connectivity index is 2.30. The maximum Gasteiger partial charge on any atom is 0.154 e. The summed E-state index contributed by atoms with van der Waals surface area (Å²) in [6.07, 6.45) is 0. The number of phenols is 1. The van der Waals surface area contributed by atoms with E-state index in [1.165, 1.54) is 0 Å². The van der Waals surface area contributed by atoms with Crippen LogP contribution in [0.1, 0.15) is 112 Å². The standard InChI is InChI=1S/C35H46O3/c1-20-14-23(32(4,5)6)29(36)24(15-20)35(37-13)27-18-21(2)16-25(33(7,8)9)30(27)38-31-26(34(10,11)12)17-22(3)19-28(31)35/h14-19,36H,1-13H3. The zero-order valence-electron chi connectivity index (χ0n) is 25.7. The number of benzene rings is 3. The molecule has 1 N–H and O–H groups in total. The monoisotopic (exact) mass is 514 g/mol. The lowest BCUT2D eigenvalue weighted by Gasteiger charge is -2.44. The molecule has 0 aromatic heterocycles. The summed E-state index contributed by atoms with van der Waals surface area (Å²) in [5.74, 6) is 1.93. The SMILES string of the molecule is COC1(c2cc(C)cc(C(C)(C)C)c2O)c2cc(C)cc(C(C)(C)C)c2Oc2c(C(C)(C)C)cc(C)cc21. The van der Waals surface area contributed by atoms with Crippen molar-refractivity contribution in [1.82, 2.24) is 0 Å². The van der Waals surface area contributed by atoms with Crippen molar-refractivity contribution in [2.45, 2.75) is 105 Å². The van der Waals surface area contributed by atoms with Crippen molar-refractivity contribution < 1.29 is 14.6 Å². The topological polar surface area (TPSA) is 38.7 Å². The van der Waals surface area contributed by atoms with Gasteiger partial charge < -0.3 is 14.6 Å². The molecule has 0 radical (unpaired) electrons. The van der Waals surface area contributed by atoms with Gasteiger partial charge in [0, 0.05) is 34.9 Å². The van der Waals surface area contributed by atoms with Gasteiger partial charge in [0.1, 0.15) is 17.2 Å². The summed E-state index contributed by atoms with van der Waals surface area (Å²) in [5.41, 5.74) is 7.51. The van der Waals surface area contributed by atoms with Crippen LogP contribution in [0.5, 0.6) is 17.2 Å². The van der Waals surface area contributed by atoms with Gasteiger partial charge in [0.15, 0.2) is 5.60 Å². The third kappa shape index (κ3) is 4.43. The van der Waals surface area contributed by atoms with Crippen molar-refractivity contribution in [2.24, 2.45) is 0 Å². The van der Waals surface area contributed by atoms with Crippen LogP contribution >= 0.6 is 0 Å². The maximum absolute atomic E-state index is 12.0. The number of rotatable bonds is 2. The van der Waals surface area contributed by atoms with Crippen LogP contribution in [0, 0.1) is 20.8 Å². The molecule has 0 atom stereocenters. The summed E-state index contributed by atoms with van der Waals surface area (Å²) in [5, 5.41) is 12.0. The van der Waals surface area contributed by atoms with E-state index in [-0.39, 0.29) is 22.0 Å². The van der Waals surface area contributed by atoms with E-state index in [2.05, 4.69) is 119 Å². The molecule has 0 fully saturated rings. The minimum atomic E-state index is -1.06. The van der Waals surface area contributed by atoms with Crippen LogP contribution < -0.4 is 4.74 Å². The molecular formula is C35H46O3. The van der Waals surface area contributed by atoms with E-state index in [9.17, 15) is 5.11 Å². The van der Waals surface area contributed by atoms with Gasteiger partial charge in [-0.25, -0.2) is 0 Å². The molecule has 3 nitrogen and oxygen atoms in total. The summed E-state index contributed by atoms with van der Waals surface area (Å²) in [4.78, 5) is 0. The van der Waals surface area contributed by atoms with Crippen molar-refractivity contribution in [3.63, 3.8) is 0 Å². The number of fused-ring (bicyclic) bond motifs is 2. The quantitative estimate of drug-likeness (QED) is 0.370. The van der Waals surface area contributed by atoms with Crippen molar-refractivity contribution in [1.29, 1.82) is 0 Å². The Bertz CT molecular complexity index is 1310. The fourth-order valence-corrected chi connectivity index (χ4v) is 5.89. The largest absolute Gasteiger partial charge is 0.507 e. The van der Waals surface area contributed by atoms with Gasteiger partial charge in [0.05, 0.1) is 0 Å². The lowest BCUT2D eigenvalue weighted by atomic mass is 9.70. The Labute approximate surface area is 230 Å². The molecule has 3 heteroatoms. The molecule has 1 aliphatic rings. The Kier molecular flexibility index (Phi) is 6.60. The highest BCUT2D eigenvalue weighted by molar-refractivity contribution is 5.70. The highest BCUT2D eigenvalue weighted by atomic mass is 16.5. The molecule has 4 rings (SSSR count). The summed E-state index contributed by atoms with van der Waals surface area (Å²) >= 11 is 0. The van der Waals surface area contributed by atoms with Crippen LogP contribution in [0.2, 0.25) is 0 Å². The summed E-state index contributed by atoms with van der Waals surface area (Å²) in [6.45, 7) is 26.1. The highest BCUT2D eigenvalue weighted by Gasteiger charge is 2.49. The van der Waals surface area contributed by atoms with Crippen LogP contribution in [0.3, 0.4) is 0 Å². The fraction of sp³-hybridized carbons (Fsp3) is 0.486. The Morgan fingerprint density at radius 1 is 0.579 bits per heavy atom. The van der Waals surface area contributed by atoms with Gasteiger partial charge in [-0.15, -0.1) is 0 Å². The van der Waals surface area contributed by atoms with E-state index >= 15 is 0 Å². The Morgan fingerprint density at radius 3 is 1.26 bits per heavy atom. The number of hydrogen-bond donors (Lipinski definition) is 1. The van der Waals surface area contributed by atoms with E-state index in [0.29, 0.717) is 0 Å². The molecule has 3 aromatic rings. The van der Waals surface area contributed by atoms with Crippen LogP contribution in [0.25, 0.3) is 0 Å². The van der Waals surface area contributed by atoms with E-state index in [1.807, 2.05) is 0 Å². The van der Waals surface area contributed by atoms with Crippen LogP contribution in [0.15, 0.2) is 36.4 Å². The zero-order chi connectivity index (χ0) is 28.6. The van der Waals surface area contributed by atoms with Crippen molar-refractivity contribution >= 4 is 0 Å². The first kappa shape index (κ1) is 28.2. The average Bonchev–Trinajstić information content (AvgIpc) is 2.76. The second-order valence-corrected chi connectivity index (χ2v) is 14.3. The van der Waals surface area contributed by atoms with Gasteiger partial charge in [-0.1, -0.05) is 97.2 Å². The summed E-state index contributed by atoms with van der Waals surface area (Å²) < 4.78 is 13.7. The van der Waals surface area contributed by atoms with Gasteiger partial charge >= 0.3 is 0 Å². The normalized spacial score (nSPS) is 15.1. The molecule has 3 aromatic carbocycles. The molecule has 0 saturated heterocycles. The Morgan fingerprint density at radius 2 is 0.921 bits per heavy atom. The molecular weight excluding hydrogens is 468 g/mol. The summed E-state index contributed by atoms with van der Waals surface area (Å²) in [6, 6.07) is 13.0. The number of phenolic OH excluding ortho intramolecular Hbond substituents is 1. The molecule has 1 aliphatic heterocycles. The van der Waals surface area contributed by atoms with Crippen molar-refractivity contribution in [3.8, 4) is 17.2 Å². The number of aryl methyl sites for hydroxylation is 3. The van der Waals surface area contributed by atoms with Crippen LogP contribution in [-0.2, 0) is 26.6 Å². The lowest BCUT2D eigenvalue weighted by molar-refractivity contribution is 0.0468. The molecule has 0 bridgehead atoms. The molecule has 0 amide bonds. The number of methoxy groups -OCH3 is 1. The molecule has 0 spiro atoms. The molecule has 1 heterocycles. The number of aromatic hydroxyl groups is 1. The molecule has 0 unspecified atom stereocenters. The van der Waals surface area contributed by atoms with E-state index < -0.39 is 5.60 Å².